The molecule has 1 aliphatic rings. The van der Waals surface area contributed by atoms with Crippen molar-refractivity contribution in [1.29, 1.82) is 0 Å². The van der Waals surface area contributed by atoms with E-state index in [4.69, 9.17) is 23.8 Å². The summed E-state index contributed by atoms with van der Waals surface area (Å²) in [6.07, 6.45) is 1.80. The molecule has 0 radical (unpaired) electrons. The molecule has 6 heteroatoms. The van der Waals surface area contributed by atoms with E-state index in [2.05, 4.69) is 9.98 Å². The highest BCUT2D eigenvalue weighted by Gasteiger charge is 2.19. The molecule has 0 saturated carbocycles. The van der Waals surface area contributed by atoms with Gasteiger partial charge < -0.3 is 10.1 Å². The Morgan fingerprint density at radius 1 is 1.39 bits per heavy atom. The lowest BCUT2D eigenvalue weighted by atomic mass is 10.1. The molecule has 0 amide bonds. The van der Waals surface area contributed by atoms with Gasteiger partial charge in [-0.2, -0.15) is 0 Å². The number of hydrogen-bond acceptors (Lipinski definition) is 4. The number of H-pyrrole nitrogens is 1. The van der Waals surface area contributed by atoms with Gasteiger partial charge >= 0.3 is 0 Å². The van der Waals surface area contributed by atoms with Gasteiger partial charge in [-0.25, -0.2) is 4.99 Å². The lowest BCUT2D eigenvalue weighted by Crippen LogP contribution is -1.86. The fraction of sp³-hybridized carbons (Fsp3) is 0. The maximum Gasteiger partial charge on any atom is 0.207 e. The van der Waals surface area contributed by atoms with Gasteiger partial charge in [0.15, 0.2) is 3.95 Å². The predicted molar refractivity (Wildman–Crippen MR) is 78.4 cm³/mol. The lowest BCUT2D eigenvalue weighted by molar-refractivity contribution is 0.456. The number of aromatic hydroxyl groups is 1. The summed E-state index contributed by atoms with van der Waals surface area (Å²) in [5, 5.41) is 10.1. The minimum Gasteiger partial charge on any atom is -0.494 e. The normalized spacial score (nSPS) is 15.8. The van der Waals surface area contributed by atoms with E-state index >= 15 is 0 Å². The molecule has 0 atom stereocenters. The third-order valence-corrected chi connectivity index (χ3v) is 4.03. The number of aromatic nitrogens is 1. The van der Waals surface area contributed by atoms with Gasteiger partial charge in [-0.1, -0.05) is 29.8 Å². The van der Waals surface area contributed by atoms with Crippen LogP contribution in [-0.4, -0.2) is 15.3 Å². The van der Waals surface area contributed by atoms with E-state index in [0.29, 0.717) is 14.0 Å². The quantitative estimate of drug-likeness (QED) is 0.769. The van der Waals surface area contributed by atoms with E-state index in [1.807, 2.05) is 24.3 Å². The summed E-state index contributed by atoms with van der Waals surface area (Å²) >= 11 is 12.4. The van der Waals surface area contributed by atoms with Crippen LogP contribution in [0.15, 0.2) is 29.3 Å². The van der Waals surface area contributed by atoms with Crippen LogP contribution in [0.3, 0.4) is 0 Å². The highest BCUT2D eigenvalue weighted by atomic mass is 35.5. The van der Waals surface area contributed by atoms with Crippen molar-refractivity contribution in [2.75, 3.05) is 0 Å². The number of allylic oxidation sites excluding steroid dienone is 1. The summed E-state index contributed by atoms with van der Waals surface area (Å²) in [6.45, 7) is 0. The van der Waals surface area contributed by atoms with Crippen LogP contribution in [0.1, 0.15) is 10.4 Å². The molecule has 2 aromatic rings. The van der Waals surface area contributed by atoms with Gasteiger partial charge in [0.05, 0.1) is 10.6 Å². The zero-order valence-electron chi connectivity index (χ0n) is 8.98. The number of fused-ring (bicyclic) bond motifs is 1. The number of hydrogen-bond donors (Lipinski definition) is 2. The Bertz CT molecular complexity index is 743. The first-order chi connectivity index (χ1) is 8.65. The van der Waals surface area contributed by atoms with Crippen LogP contribution < -0.4 is 0 Å². The van der Waals surface area contributed by atoms with Crippen molar-refractivity contribution in [3.8, 4) is 5.88 Å². The number of aromatic amines is 1. The molecule has 18 heavy (non-hydrogen) atoms. The van der Waals surface area contributed by atoms with Crippen LogP contribution in [0.2, 0.25) is 0 Å². The largest absolute Gasteiger partial charge is 0.494 e. The molecule has 2 heterocycles. The Balaban J connectivity index is 2.16. The number of para-hydroxylation sites is 1. The molecule has 3 rings (SSSR count). The molecule has 0 aliphatic carbocycles. The third kappa shape index (κ3) is 1.90. The SMILES string of the molecule is Oc1[nH]c(=S)sc1/C=C1\C(Cl)=Nc2ccccc21. The zero-order valence-corrected chi connectivity index (χ0v) is 11.4. The molecule has 0 saturated heterocycles. The first-order valence-electron chi connectivity index (χ1n) is 5.13. The van der Waals surface area contributed by atoms with E-state index in [-0.39, 0.29) is 5.88 Å². The molecular formula is C12H7ClN2OS2. The third-order valence-electron chi connectivity index (χ3n) is 2.57. The maximum absolute atomic E-state index is 9.69. The van der Waals surface area contributed by atoms with E-state index in [0.717, 1.165) is 16.8 Å². The molecular weight excluding hydrogens is 288 g/mol. The van der Waals surface area contributed by atoms with Crippen LogP contribution >= 0.6 is 35.2 Å². The molecule has 2 N–H and O–H groups in total. The fourth-order valence-electron chi connectivity index (χ4n) is 1.77. The minimum absolute atomic E-state index is 0.0614. The summed E-state index contributed by atoms with van der Waals surface area (Å²) in [5.41, 5.74) is 2.60. The summed E-state index contributed by atoms with van der Waals surface area (Å²) in [7, 11) is 0. The molecule has 0 bridgehead atoms. The number of benzene rings is 1. The monoisotopic (exact) mass is 294 g/mol. The van der Waals surface area contributed by atoms with Gasteiger partial charge in [-0.3, -0.25) is 0 Å². The van der Waals surface area contributed by atoms with Crippen molar-refractivity contribution in [3.63, 3.8) is 0 Å². The van der Waals surface area contributed by atoms with Crippen LogP contribution in [-0.2, 0) is 0 Å². The van der Waals surface area contributed by atoms with Gasteiger partial charge in [0, 0.05) is 11.1 Å². The molecule has 0 fully saturated rings. The molecule has 1 aromatic carbocycles. The highest BCUT2D eigenvalue weighted by molar-refractivity contribution is 7.73. The Hall–Kier alpha value is -1.43. The summed E-state index contributed by atoms with van der Waals surface area (Å²) in [4.78, 5) is 7.60. The number of halogens is 1. The molecule has 1 aromatic heterocycles. The second-order valence-electron chi connectivity index (χ2n) is 3.71. The van der Waals surface area contributed by atoms with Gasteiger partial charge in [0.1, 0.15) is 5.17 Å². The first-order valence-corrected chi connectivity index (χ1v) is 6.73. The van der Waals surface area contributed by atoms with E-state index in [9.17, 15) is 5.11 Å². The Labute approximate surface area is 117 Å². The van der Waals surface area contributed by atoms with Crippen LogP contribution in [0.5, 0.6) is 5.88 Å². The van der Waals surface area contributed by atoms with E-state index in [1.165, 1.54) is 11.3 Å². The van der Waals surface area contributed by atoms with Crippen molar-refractivity contribution in [3.05, 3.63) is 38.7 Å². The van der Waals surface area contributed by atoms with Crippen LogP contribution in [0, 0.1) is 3.95 Å². The predicted octanol–water partition coefficient (Wildman–Crippen LogP) is 4.33. The summed E-state index contributed by atoms with van der Waals surface area (Å²) in [5.74, 6) is 0.0614. The van der Waals surface area contributed by atoms with Crippen molar-refractivity contribution in [1.82, 2.24) is 4.98 Å². The Kier molecular flexibility index (Phi) is 2.81. The van der Waals surface area contributed by atoms with Crippen LogP contribution in [0.4, 0.5) is 5.69 Å². The standard InChI is InChI=1S/C12H7ClN2OS2/c13-10-7(5-9-11(16)15-12(17)18-9)6-3-1-2-4-8(6)14-10/h1-5,16H,(H,15,17)/b7-5-. The van der Waals surface area contributed by atoms with Crippen LogP contribution in [0.25, 0.3) is 11.6 Å². The van der Waals surface area contributed by atoms with E-state index < -0.39 is 0 Å². The molecule has 0 unspecified atom stereocenters. The summed E-state index contributed by atoms with van der Waals surface area (Å²) < 4.78 is 0.527. The number of nitrogens with one attached hydrogen (secondary N) is 1. The van der Waals surface area contributed by atoms with Crippen molar-refractivity contribution >= 4 is 57.7 Å². The second-order valence-corrected chi connectivity index (χ2v) is 5.78. The second kappa shape index (κ2) is 4.35. The van der Waals surface area contributed by atoms with Gasteiger partial charge in [0.2, 0.25) is 5.88 Å². The van der Waals surface area contributed by atoms with Gasteiger partial charge in [-0.05, 0) is 24.4 Å². The number of aliphatic imine (C=N–C) groups is 1. The molecule has 1 aliphatic heterocycles. The Morgan fingerprint density at radius 3 is 2.89 bits per heavy atom. The molecule has 90 valence electrons. The molecule has 3 nitrogen and oxygen atoms in total. The smallest absolute Gasteiger partial charge is 0.207 e. The maximum atomic E-state index is 9.69. The first kappa shape index (κ1) is 11.6. The van der Waals surface area contributed by atoms with Crippen molar-refractivity contribution in [2.45, 2.75) is 0 Å². The fourth-order valence-corrected chi connectivity index (χ4v) is 3.06. The van der Waals surface area contributed by atoms with Crippen molar-refractivity contribution in [2.24, 2.45) is 4.99 Å². The Morgan fingerprint density at radius 2 is 2.17 bits per heavy atom. The molecule has 0 spiro atoms. The average molecular weight is 295 g/mol. The summed E-state index contributed by atoms with van der Waals surface area (Å²) in [6, 6.07) is 7.68. The van der Waals surface area contributed by atoms with Crippen molar-refractivity contribution < 1.29 is 5.11 Å². The van der Waals surface area contributed by atoms with E-state index in [1.54, 1.807) is 6.08 Å². The zero-order chi connectivity index (χ0) is 12.7. The number of nitrogens with zero attached hydrogens (tertiary/aromatic N) is 1. The highest BCUT2D eigenvalue weighted by Crippen LogP contribution is 2.38. The van der Waals surface area contributed by atoms with Gasteiger partial charge in [0.25, 0.3) is 0 Å². The topological polar surface area (TPSA) is 48.4 Å². The minimum atomic E-state index is 0.0614. The number of thiazole rings is 1. The number of rotatable bonds is 1. The average Bonchev–Trinajstić information content (AvgIpc) is 2.81. The lowest BCUT2D eigenvalue weighted by Gasteiger charge is -1.99. The van der Waals surface area contributed by atoms with Gasteiger partial charge in [-0.15, -0.1) is 11.3 Å².